The summed E-state index contributed by atoms with van der Waals surface area (Å²) in [5, 5.41) is 8.74. The van der Waals surface area contributed by atoms with Crippen molar-refractivity contribution in [2.45, 2.75) is 13.3 Å². The molecule has 1 rings (SSSR count). The summed E-state index contributed by atoms with van der Waals surface area (Å²) in [4.78, 5) is 0. The molecule has 1 aliphatic rings. The van der Waals surface area contributed by atoms with Crippen molar-refractivity contribution in [3.05, 3.63) is 0 Å². The van der Waals surface area contributed by atoms with Gasteiger partial charge in [-0.25, -0.2) is 0 Å². The first kappa shape index (κ1) is 7.03. The zero-order valence-corrected chi connectivity index (χ0v) is 5.84. The van der Waals surface area contributed by atoms with E-state index in [1.54, 1.807) is 0 Å². The molecule has 0 bridgehead atoms. The zero-order chi connectivity index (χ0) is 6.69. The van der Waals surface area contributed by atoms with Crippen molar-refractivity contribution >= 4 is 0 Å². The maximum absolute atomic E-state index is 8.74. The Bertz CT molecular complexity index is 77.0. The summed E-state index contributed by atoms with van der Waals surface area (Å²) in [7, 11) is 0. The van der Waals surface area contributed by atoms with Gasteiger partial charge in [-0.2, -0.15) is 0 Å². The lowest BCUT2D eigenvalue weighted by molar-refractivity contribution is 0.147. The second-order valence-electron chi connectivity index (χ2n) is 2.78. The molecule has 1 N–H and O–H groups in total. The highest BCUT2D eigenvalue weighted by molar-refractivity contribution is 4.69. The van der Waals surface area contributed by atoms with Gasteiger partial charge in [0.25, 0.3) is 0 Å². The number of hydrogen-bond acceptors (Lipinski definition) is 2. The second-order valence-corrected chi connectivity index (χ2v) is 2.78. The highest BCUT2D eigenvalue weighted by atomic mass is 16.5. The SMILES string of the molecule is C[C@H](CO)C1CCOC1. The molecule has 0 aliphatic carbocycles. The second kappa shape index (κ2) is 3.18. The summed E-state index contributed by atoms with van der Waals surface area (Å²) in [5.41, 5.74) is 0. The quantitative estimate of drug-likeness (QED) is 0.594. The number of aliphatic hydroxyl groups is 1. The van der Waals surface area contributed by atoms with Gasteiger partial charge in [0.1, 0.15) is 0 Å². The van der Waals surface area contributed by atoms with Gasteiger partial charge in [0, 0.05) is 19.8 Å². The minimum absolute atomic E-state index is 0.300. The predicted molar refractivity (Wildman–Crippen MR) is 35.2 cm³/mol. The third-order valence-electron chi connectivity index (χ3n) is 2.06. The molecule has 0 aromatic carbocycles. The van der Waals surface area contributed by atoms with E-state index in [2.05, 4.69) is 6.92 Å². The maximum Gasteiger partial charge on any atom is 0.0498 e. The Morgan fingerprint density at radius 2 is 2.56 bits per heavy atom. The molecule has 0 amide bonds. The first-order valence-corrected chi connectivity index (χ1v) is 3.53. The summed E-state index contributed by atoms with van der Waals surface area (Å²) in [5.74, 6) is 1.03. The first-order valence-electron chi connectivity index (χ1n) is 3.53. The zero-order valence-electron chi connectivity index (χ0n) is 5.84. The van der Waals surface area contributed by atoms with Crippen LogP contribution in [0.25, 0.3) is 0 Å². The van der Waals surface area contributed by atoms with E-state index in [9.17, 15) is 0 Å². The third kappa shape index (κ3) is 1.66. The van der Waals surface area contributed by atoms with E-state index >= 15 is 0 Å². The molecule has 2 atom stereocenters. The van der Waals surface area contributed by atoms with Crippen LogP contribution < -0.4 is 0 Å². The fraction of sp³-hybridized carbons (Fsp3) is 1.00. The first-order chi connectivity index (χ1) is 4.34. The average Bonchev–Trinajstić information content (AvgIpc) is 2.37. The van der Waals surface area contributed by atoms with Gasteiger partial charge in [-0.15, -0.1) is 0 Å². The maximum atomic E-state index is 8.74. The standard InChI is InChI=1S/C7H14O2/c1-6(4-8)7-2-3-9-5-7/h6-8H,2-5H2,1H3/t6-,7?/m1/s1. The summed E-state index contributed by atoms with van der Waals surface area (Å²) in [6.45, 7) is 4.10. The van der Waals surface area contributed by atoms with E-state index in [1.165, 1.54) is 0 Å². The van der Waals surface area contributed by atoms with E-state index in [0.717, 1.165) is 19.6 Å². The van der Waals surface area contributed by atoms with Crippen LogP contribution >= 0.6 is 0 Å². The normalized spacial score (nSPS) is 30.7. The molecule has 1 saturated heterocycles. The lowest BCUT2D eigenvalue weighted by Crippen LogP contribution is -2.14. The van der Waals surface area contributed by atoms with Gasteiger partial charge < -0.3 is 9.84 Å². The van der Waals surface area contributed by atoms with Crippen molar-refractivity contribution in [2.24, 2.45) is 11.8 Å². The fourth-order valence-corrected chi connectivity index (χ4v) is 1.15. The van der Waals surface area contributed by atoms with Crippen LogP contribution in [0, 0.1) is 11.8 Å². The van der Waals surface area contributed by atoms with Crippen LogP contribution in [-0.2, 0) is 4.74 Å². The van der Waals surface area contributed by atoms with Crippen LogP contribution in [0.5, 0.6) is 0 Å². The van der Waals surface area contributed by atoms with Crippen molar-refractivity contribution < 1.29 is 9.84 Å². The molecule has 2 heteroatoms. The van der Waals surface area contributed by atoms with Crippen LogP contribution in [0.3, 0.4) is 0 Å². The number of ether oxygens (including phenoxy) is 1. The molecular weight excluding hydrogens is 116 g/mol. The van der Waals surface area contributed by atoms with Crippen LogP contribution in [0.4, 0.5) is 0 Å². The minimum Gasteiger partial charge on any atom is -0.396 e. The molecule has 1 heterocycles. The van der Waals surface area contributed by atoms with Gasteiger partial charge in [0.2, 0.25) is 0 Å². The molecule has 0 saturated carbocycles. The monoisotopic (exact) mass is 130 g/mol. The predicted octanol–water partition coefficient (Wildman–Crippen LogP) is 0.651. The molecule has 1 unspecified atom stereocenters. The topological polar surface area (TPSA) is 29.5 Å². The van der Waals surface area contributed by atoms with Gasteiger partial charge >= 0.3 is 0 Å². The van der Waals surface area contributed by atoms with Gasteiger partial charge in [0.15, 0.2) is 0 Å². The molecule has 0 spiro atoms. The van der Waals surface area contributed by atoms with Crippen molar-refractivity contribution in [2.75, 3.05) is 19.8 Å². The molecular formula is C7H14O2. The average molecular weight is 130 g/mol. The fourth-order valence-electron chi connectivity index (χ4n) is 1.15. The lowest BCUT2D eigenvalue weighted by Gasteiger charge is -2.13. The van der Waals surface area contributed by atoms with Crippen molar-refractivity contribution in [3.8, 4) is 0 Å². The van der Waals surface area contributed by atoms with Crippen molar-refractivity contribution in [1.29, 1.82) is 0 Å². The summed E-state index contributed by atoms with van der Waals surface area (Å²) < 4.78 is 5.17. The minimum atomic E-state index is 0.300. The van der Waals surface area contributed by atoms with Crippen LogP contribution in [0.15, 0.2) is 0 Å². The lowest BCUT2D eigenvalue weighted by atomic mass is 9.94. The van der Waals surface area contributed by atoms with Gasteiger partial charge in [-0.05, 0) is 18.3 Å². The third-order valence-corrected chi connectivity index (χ3v) is 2.06. The Morgan fingerprint density at radius 1 is 1.78 bits per heavy atom. The van der Waals surface area contributed by atoms with E-state index < -0.39 is 0 Å². The Morgan fingerprint density at radius 3 is 3.00 bits per heavy atom. The smallest absolute Gasteiger partial charge is 0.0498 e. The number of aliphatic hydroxyl groups excluding tert-OH is 1. The van der Waals surface area contributed by atoms with Crippen molar-refractivity contribution in [3.63, 3.8) is 0 Å². The van der Waals surface area contributed by atoms with Crippen LogP contribution in [0.1, 0.15) is 13.3 Å². The highest BCUT2D eigenvalue weighted by Gasteiger charge is 2.20. The number of hydrogen-bond donors (Lipinski definition) is 1. The van der Waals surface area contributed by atoms with Crippen LogP contribution in [0.2, 0.25) is 0 Å². The van der Waals surface area contributed by atoms with Crippen molar-refractivity contribution in [1.82, 2.24) is 0 Å². The molecule has 0 aromatic rings. The van der Waals surface area contributed by atoms with E-state index in [1.807, 2.05) is 0 Å². The van der Waals surface area contributed by atoms with E-state index in [0.29, 0.717) is 18.4 Å². The molecule has 2 nitrogen and oxygen atoms in total. The summed E-state index contributed by atoms with van der Waals surface area (Å²) in [6, 6.07) is 0. The van der Waals surface area contributed by atoms with Gasteiger partial charge in [0.05, 0.1) is 0 Å². The van der Waals surface area contributed by atoms with E-state index in [-0.39, 0.29) is 0 Å². The highest BCUT2D eigenvalue weighted by Crippen LogP contribution is 2.20. The summed E-state index contributed by atoms with van der Waals surface area (Å²) in [6.07, 6.45) is 1.13. The number of rotatable bonds is 2. The Labute approximate surface area is 55.8 Å². The molecule has 0 radical (unpaired) electrons. The molecule has 9 heavy (non-hydrogen) atoms. The van der Waals surface area contributed by atoms with E-state index in [4.69, 9.17) is 9.84 Å². The largest absolute Gasteiger partial charge is 0.396 e. The van der Waals surface area contributed by atoms with Gasteiger partial charge in [-0.1, -0.05) is 6.92 Å². The van der Waals surface area contributed by atoms with Crippen LogP contribution in [-0.4, -0.2) is 24.9 Å². The molecule has 54 valence electrons. The molecule has 1 fully saturated rings. The summed E-state index contributed by atoms with van der Waals surface area (Å²) >= 11 is 0. The molecule has 1 aliphatic heterocycles. The molecule has 0 aromatic heterocycles. The van der Waals surface area contributed by atoms with Gasteiger partial charge in [-0.3, -0.25) is 0 Å². The Hall–Kier alpha value is -0.0800. The Balaban J connectivity index is 2.24. The Kier molecular flexibility index (Phi) is 2.49.